The van der Waals surface area contributed by atoms with Gasteiger partial charge in [0.15, 0.2) is 0 Å². The van der Waals surface area contributed by atoms with Crippen LogP contribution in [0, 0.1) is 0 Å². The number of benzene rings is 1. The maximum absolute atomic E-state index is 9.93. The number of hydrogen-bond acceptors (Lipinski definition) is 3. The molecule has 2 atom stereocenters. The summed E-state index contributed by atoms with van der Waals surface area (Å²) >= 11 is 0. The Bertz CT molecular complexity index is 344. The molecule has 1 aliphatic rings. The first-order valence-corrected chi connectivity index (χ1v) is 4.62. The van der Waals surface area contributed by atoms with Crippen molar-refractivity contribution in [2.45, 2.75) is 25.2 Å². The smallest absolute Gasteiger partial charge is 0.235 e. The van der Waals surface area contributed by atoms with E-state index >= 15 is 0 Å². The van der Waals surface area contributed by atoms with E-state index in [4.69, 9.17) is 4.74 Å². The number of nitrogens with zero attached hydrogens (tertiary/aromatic N) is 1. The molecule has 0 N–H and O–H groups in total. The molecule has 1 saturated carbocycles. The third-order valence-corrected chi connectivity index (χ3v) is 2.23. The number of rotatable bonds is 4. The molecule has 0 amide bonds. The summed E-state index contributed by atoms with van der Waals surface area (Å²) in [5.41, 5.74) is 1.15. The molecule has 72 valence electrons. The van der Waals surface area contributed by atoms with Gasteiger partial charge in [-0.15, -0.1) is 0 Å². The molecule has 1 aromatic carbocycles. The van der Waals surface area contributed by atoms with E-state index in [0.717, 1.165) is 12.0 Å². The van der Waals surface area contributed by atoms with Crippen molar-refractivity contribution in [3.63, 3.8) is 0 Å². The van der Waals surface area contributed by atoms with E-state index in [0.29, 0.717) is 6.61 Å². The monoisotopic (exact) mass is 189 g/mol. The first-order chi connectivity index (χ1) is 6.90. The summed E-state index contributed by atoms with van der Waals surface area (Å²) in [6, 6.07) is 10.0. The molecule has 2 unspecified atom stereocenters. The highest BCUT2D eigenvalue weighted by Gasteiger charge is 2.38. The van der Waals surface area contributed by atoms with Gasteiger partial charge < -0.3 is 4.74 Å². The quantitative estimate of drug-likeness (QED) is 0.534. The van der Waals surface area contributed by atoms with Crippen LogP contribution in [0.4, 0.5) is 0 Å². The fourth-order valence-electron chi connectivity index (χ4n) is 1.32. The van der Waals surface area contributed by atoms with E-state index in [9.17, 15) is 4.79 Å². The van der Waals surface area contributed by atoms with Crippen LogP contribution in [0.1, 0.15) is 12.0 Å². The highest BCUT2D eigenvalue weighted by molar-refractivity contribution is 5.35. The van der Waals surface area contributed by atoms with Crippen LogP contribution in [-0.2, 0) is 16.1 Å². The van der Waals surface area contributed by atoms with Crippen LogP contribution in [0.5, 0.6) is 0 Å². The molecule has 3 nitrogen and oxygen atoms in total. The lowest BCUT2D eigenvalue weighted by atomic mass is 10.2. The molecule has 0 spiro atoms. The fourth-order valence-corrected chi connectivity index (χ4v) is 1.32. The zero-order valence-corrected chi connectivity index (χ0v) is 7.72. The maximum Gasteiger partial charge on any atom is 0.235 e. The topological polar surface area (TPSA) is 38.7 Å². The van der Waals surface area contributed by atoms with Gasteiger partial charge in [0, 0.05) is 6.42 Å². The second kappa shape index (κ2) is 4.18. The van der Waals surface area contributed by atoms with Crippen molar-refractivity contribution in [2.24, 2.45) is 4.99 Å². The maximum atomic E-state index is 9.93. The molecule has 0 heterocycles. The van der Waals surface area contributed by atoms with Crippen LogP contribution >= 0.6 is 0 Å². The number of ether oxygens (including phenoxy) is 1. The van der Waals surface area contributed by atoms with Crippen molar-refractivity contribution < 1.29 is 9.53 Å². The Morgan fingerprint density at radius 2 is 2.21 bits per heavy atom. The Labute approximate surface area is 82.4 Å². The second-order valence-corrected chi connectivity index (χ2v) is 3.36. The van der Waals surface area contributed by atoms with E-state index < -0.39 is 0 Å². The summed E-state index contributed by atoms with van der Waals surface area (Å²) in [5, 5.41) is 0. The molecule has 1 aliphatic carbocycles. The summed E-state index contributed by atoms with van der Waals surface area (Å²) in [6.07, 6.45) is 2.52. The summed E-state index contributed by atoms with van der Waals surface area (Å²) in [5.74, 6) is 0. The van der Waals surface area contributed by atoms with Gasteiger partial charge in [-0.05, 0) is 5.56 Å². The zero-order chi connectivity index (χ0) is 9.80. The lowest BCUT2D eigenvalue weighted by Crippen LogP contribution is -1.98. The summed E-state index contributed by atoms with van der Waals surface area (Å²) in [7, 11) is 0. The molecule has 1 fully saturated rings. The Morgan fingerprint density at radius 1 is 1.43 bits per heavy atom. The molecular weight excluding hydrogens is 178 g/mol. The lowest BCUT2D eigenvalue weighted by molar-refractivity contribution is 0.102. The van der Waals surface area contributed by atoms with E-state index in [2.05, 4.69) is 4.99 Å². The SMILES string of the molecule is O=C=NC1CC1OCc1ccccc1. The number of hydrogen-bond donors (Lipinski definition) is 0. The highest BCUT2D eigenvalue weighted by atomic mass is 16.5. The van der Waals surface area contributed by atoms with Crippen molar-refractivity contribution in [1.29, 1.82) is 0 Å². The van der Waals surface area contributed by atoms with Crippen LogP contribution < -0.4 is 0 Å². The molecule has 3 heteroatoms. The van der Waals surface area contributed by atoms with Crippen molar-refractivity contribution in [1.82, 2.24) is 0 Å². The van der Waals surface area contributed by atoms with E-state index in [1.807, 2.05) is 30.3 Å². The molecular formula is C11H11NO2. The van der Waals surface area contributed by atoms with Gasteiger partial charge in [0.25, 0.3) is 0 Å². The number of isocyanates is 1. The van der Waals surface area contributed by atoms with Gasteiger partial charge in [-0.3, -0.25) is 0 Å². The van der Waals surface area contributed by atoms with Gasteiger partial charge in [0.1, 0.15) is 0 Å². The predicted molar refractivity (Wildman–Crippen MR) is 51.5 cm³/mol. The predicted octanol–water partition coefficient (Wildman–Crippen LogP) is 1.68. The van der Waals surface area contributed by atoms with Crippen LogP contribution in [0.3, 0.4) is 0 Å². The minimum absolute atomic E-state index is 0.0520. The minimum Gasteiger partial charge on any atom is -0.371 e. The van der Waals surface area contributed by atoms with Crippen LogP contribution in [0.15, 0.2) is 35.3 Å². The van der Waals surface area contributed by atoms with Crippen LogP contribution in [0.25, 0.3) is 0 Å². The summed E-state index contributed by atoms with van der Waals surface area (Å²) < 4.78 is 5.53. The van der Waals surface area contributed by atoms with Gasteiger partial charge >= 0.3 is 0 Å². The largest absolute Gasteiger partial charge is 0.371 e. The van der Waals surface area contributed by atoms with E-state index in [1.54, 1.807) is 6.08 Å². The van der Waals surface area contributed by atoms with Gasteiger partial charge in [0.2, 0.25) is 6.08 Å². The van der Waals surface area contributed by atoms with Crippen molar-refractivity contribution in [2.75, 3.05) is 0 Å². The van der Waals surface area contributed by atoms with Crippen molar-refractivity contribution in [3.8, 4) is 0 Å². The first-order valence-electron chi connectivity index (χ1n) is 4.62. The molecule has 0 aliphatic heterocycles. The van der Waals surface area contributed by atoms with Gasteiger partial charge in [-0.2, -0.15) is 4.99 Å². The standard InChI is InChI=1S/C11H11NO2/c13-8-12-10-6-11(10)14-7-9-4-2-1-3-5-9/h1-5,10-11H,6-7H2. The summed E-state index contributed by atoms with van der Waals surface area (Å²) in [4.78, 5) is 13.5. The lowest BCUT2D eigenvalue weighted by Gasteiger charge is -2.01. The molecule has 1 aromatic rings. The van der Waals surface area contributed by atoms with Crippen LogP contribution in [0.2, 0.25) is 0 Å². The van der Waals surface area contributed by atoms with Gasteiger partial charge in [0.05, 0.1) is 18.8 Å². The molecule has 0 radical (unpaired) electrons. The second-order valence-electron chi connectivity index (χ2n) is 3.36. The summed E-state index contributed by atoms with van der Waals surface area (Å²) in [6.45, 7) is 0.594. The van der Waals surface area contributed by atoms with Gasteiger partial charge in [-0.25, -0.2) is 4.79 Å². The molecule has 2 rings (SSSR count). The van der Waals surface area contributed by atoms with E-state index in [1.165, 1.54) is 0 Å². The Hall–Kier alpha value is -1.44. The average molecular weight is 189 g/mol. The fraction of sp³-hybridized carbons (Fsp3) is 0.364. The third-order valence-electron chi connectivity index (χ3n) is 2.23. The Morgan fingerprint density at radius 3 is 2.93 bits per heavy atom. The normalized spacial score (nSPS) is 24.0. The number of carbonyl (C=O) groups excluding carboxylic acids is 1. The molecule has 0 saturated heterocycles. The zero-order valence-electron chi connectivity index (χ0n) is 7.72. The van der Waals surface area contributed by atoms with Crippen molar-refractivity contribution >= 4 is 6.08 Å². The molecule has 14 heavy (non-hydrogen) atoms. The highest BCUT2D eigenvalue weighted by Crippen LogP contribution is 2.29. The third kappa shape index (κ3) is 2.28. The Balaban J connectivity index is 1.77. The Kier molecular flexibility index (Phi) is 2.73. The first kappa shape index (κ1) is 9.13. The van der Waals surface area contributed by atoms with E-state index in [-0.39, 0.29) is 12.1 Å². The number of aliphatic imine (C=N–C) groups is 1. The average Bonchev–Trinajstić information content (AvgIpc) is 2.96. The van der Waals surface area contributed by atoms with Crippen molar-refractivity contribution in [3.05, 3.63) is 35.9 Å². The van der Waals surface area contributed by atoms with Crippen LogP contribution in [-0.4, -0.2) is 18.2 Å². The minimum atomic E-state index is 0.0520. The molecule has 0 aromatic heterocycles. The van der Waals surface area contributed by atoms with Gasteiger partial charge in [-0.1, -0.05) is 30.3 Å². The molecule has 0 bridgehead atoms.